The van der Waals surface area contributed by atoms with E-state index in [4.69, 9.17) is 4.74 Å². The summed E-state index contributed by atoms with van der Waals surface area (Å²) in [6, 6.07) is 6.24. The van der Waals surface area contributed by atoms with Gasteiger partial charge in [-0.25, -0.2) is 0 Å². The average Bonchev–Trinajstić information content (AvgIpc) is 2.46. The molecular weight excluding hydrogens is 314 g/mol. The summed E-state index contributed by atoms with van der Waals surface area (Å²) in [6.07, 6.45) is 7.80. The van der Waals surface area contributed by atoms with Gasteiger partial charge in [-0.1, -0.05) is 61.9 Å². The zero-order valence-corrected chi connectivity index (χ0v) is 14.5. The van der Waals surface area contributed by atoms with Crippen molar-refractivity contribution in [2.75, 3.05) is 13.2 Å². The summed E-state index contributed by atoms with van der Waals surface area (Å²) >= 11 is 3.58. The van der Waals surface area contributed by atoms with Gasteiger partial charge < -0.3 is 10.1 Å². The highest BCUT2D eigenvalue weighted by Gasteiger charge is 2.02. The van der Waals surface area contributed by atoms with Crippen LogP contribution in [0, 0.1) is 0 Å². The third kappa shape index (κ3) is 7.30. The molecule has 0 aliphatic carbocycles. The van der Waals surface area contributed by atoms with Gasteiger partial charge in [0.05, 0.1) is 6.61 Å². The second kappa shape index (κ2) is 11.2. The normalized spacial score (nSPS) is 10.8. The van der Waals surface area contributed by atoms with E-state index in [1.54, 1.807) is 0 Å². The molecule has 0 radical (unpaired) electrons. The number of hydrogen-bond acceptors (Lipinski definition) is 2. The third-order valence-corrected chi connectivity index (χ3v) is 4.12. The minimum absolute atomic E-state index is 0.828. The quantitative estimate of drug-likeness (QED) is 0.551. The number of halogens is 1. The Morgan fingerprint density at radius 2 is 1.80 bits per heavy atom. The molecule has 0 atom stereocenters. The summed E-state index contributed by atoms with van der Waals surface area (Å²) in [5.74, 6) is 0.981. The van der Waals surface area contributed by atoms with Gasteiger partial charge in [-0.2, -0.15) is 0 Å². The van der Waals surface area contributed by atoms with Gasteiger partial charge >= 0.3 is 0 Å². The summed E-state index contributed by atoms with van der Waals surface area (Å²) in [6.45, 7) is 7.06. The maximum Gasteiger partial charge on any atom is 0.119 e. The van der Waals surface area contributed by atoms with Crippen LogP contribution in [0.4, 0.5) is 0 Å². The molecule has 1 N–H and O–H groups in total. The van der Waals surface area contributed by atoms with Crippen LogP contribution >= 0.6 is 15.9 Å². The van der Waals surface area contributed by atoms with Crippen molar-refractivity contribution in [2.45, 2.75) is 58.9 Å². The molecule has 0 bridgehead atoms. The molecule has 0 spiro atoms. The van der Waals surface area contributed by atoms with E-state index in [1.807, 2.05) is 6.07 Å². The van der Waals surface area contributed by atoms with Gasteiger partial charge in [0, 0.05) is 11.0 Å². The molecule has 0 heterocycles. The molecule has 1 aromatic rings. The maximum atomic E-state index is 5.84. The van der Waals surface area contributed by atoms with Crippen LogP contribution in [0.2, 0.25) is 0 Å². The average molecular weight is 342 g/mol. The van der Waals surface area contributed by atoms with Gasteiger partial charge in [-0.3, -0.25) is 0 Å². The van der Waals surface area contributed by atoms with E-state index in [2.05, 4.69) is 47.2 Å². The SMILES string of the molecule is CCCCCCCCOc1ccc(Br)c(CNCC)c1. The Morgan fingerprint density at radius 1 is 1.05 bits per heavy atom. The highest BCUT2D eigenvalue weighted by molar-refractivity contribution is 9.10. The number of nitrogens with one attached hydrogen (secondary N) is 1. The van der Waals surface area contributed by atoms with E-state index < -0.39 is 0 Å². The number of hydrogen-bond donors (Lipinski definition) is 1. The van der Waals surface area contributed by atoms with Crippen LogP contribution in [-0.4, -0.2) is 13.2 Å². The molecule has 0 fully saturated rings. The van der Waals surface area contributed by atoms with Crippen LogP contribution in [0.1, 0.15) is 57.9 Å². The van der Waals surface area contributed by atoms with E-state index >= 15 is 0 Å². The van der Waals surface area contributed by atoms with Gasteiger partial charge in [0.15, 0.2) is 0 Å². The Bertz CT molecular complexity index is 368. The Labute approximate surface area is 132 Å². The second-order valence-electron chi connectivity index (χ2n) is 5.15. The predicted octanol–water partition coefficient (Wildman–Crippen LogP) is 5.30. The predicted molar refractivity (Wildman–Crippen MR) is 90.4 cm³/mol. The van der Waals surface area contributed by atoms with Crippen molar-refractivity contribution in [1.82, 2.24) is 5.32 Å². The van der Waals surface area contributed by atoms with E-state index in [0.717, 1.165) is 36.3 Å². The Morgan fingerprint density at radius 3 is 2.55 bits per heavy atom. The first-order chi connectivity index (χ1) is 9.77. The van der Waals surface area contributed by atoms with E-state index in [1.165, 1.54) is 37.7 Å². The number of benzene rings is 1. The summed E-state index contributed by atoms with van der Waals surface area (Å²) in [7, 11) is 0. The number of rotatable bonds is 11. The van der Waals surface area contributed by atoms with Gasteiger partial charge in [0.25, 0.3) is 0 Å². The van der Waals surface area contributed by atoms with E-state index in [-0.39, 0.29) is 0 Å². The molecule has 0 amide bonds. The standard InChI is InChI=1S/C17H28BrNO/c1-3-5-6-7-8-9-12-20-16-10-11-17(18)15(13-16)14-19-4-2/h10-11,13,19H,3-9,12,14H2,1-2H3. The zero-order valence-electron chi connectivity index (χ0n) is 12.9. The fraction of sp³-hybridized carbons (Fsp3) is 0.647. The Kier molecular flexibility index (Phi) is 9.77. The molecule has 0 aliphatic heterocycles. The maximum absolute atomic E-state index is 5.84. The minimum atomic E-state index is 0.828. The van der Waals surface area contributed by atoms with Gasteiger partial charge in [0.1, 0.15) is 5.75 Å². The molecule has 1 aromatic carbocycles. The fourth-order valence-corrected chi connectivity index (χ4v) is 2.50. The van der Waals surface area contributed by atoms with Crippen LogP contribution in [0.15, 0.2) is 22.7 Å². The van der Waals surface area contributed by atoms with Crippen LogP contribution < -0.4 is 10.1 Å². The lowest BCUT2D eigenvalue weighted by molar-refractivity contribution is 0.304. The van der Waals surface area contributed by atoms with Crippen molar-refractivity contribution in [3.63, 3.8) is 0 Å². The summed E-state index contributed by atoms with van der Waals surface area (Å²) < 4.78 is 6.98. The summed E-state index contributed by atoms with van der Waals surface area (Å²) in [4.78, 5) is 0. The molecule has 20 heavy (non-hydrogen) atoms. The largest absolute Gasteiger partial charge is 0.494 e. The van der Waals surface area contributed by atoms with E-state index in [9.17, 15) is 0 Å². The van der Waals surface area contributed by atoms with Crippen LogP contribution in [0.5, 0.6) is 5.75 Å². The fourth-order valence-electron chi connectivity index (χ4n) is 2.11. The summed E-state index contributed by atoms with van der Waals surface area (Å²) in [5.41, 5.74) is 1.26. The third-order valence-electron chi connectivity index (χ3n) is 3.35. The number of ether oxygens (including phenoxy) is 1. The first-order valence-electron chi connectivity index (χ1n) is 7.89. The molecule has 0 aromatic heterocycles. The Balaban J connectivity index is 2.26. The first-order valence-corrected chi connectivity index (χ1v) is 8.69. The van der Waals surface area contributed by atoms with Crippen molar-refractivity contribution < 1.29 is 4.74 Å². The number of unbranched alkanes of at least 4 members (excludes halogenated alkanes) is 5. The molecular formula is C17H28BrNO. The van der Waals surface area contributed by atoms with Gasteiger partial charge in [0.2, 0.25) is 0 Å². The first kappa shape index (κ1) is 17.5. The lowest BCUT2D eigenvalue weighted by Gasteiger charge is -2.10. The minimum Gasteiger partial charge on any atom is -0.494 e. The lowest BCUT2D eigenvalue weighted by Crippen LogP contribution is -2.12. The van der Waals surface area contributed by atoms with Crippen molar-refractivity contribution in [1.29, 1.82) is 0 Å². The van der Waals surface area contributed by atoms with Crippen molar-refractivity contribution in [3.05, 3.63) is 28.2 Å². The highest BCUT2D eigenvalue weighted by atomic mass is 79.9. The topological polar surface area (TPSA) is 21.3 Å². The van der Waals surface area contributed by atoms with Crippen LogP contribution in [0.25, 0.3) is 0 Å². The van der Waals surface area contributed by atoms with Crippen molar-refractivity contribution in [2.24, 2.45) is 0 Å². The van der Waals surface area contributed by atoms with Gasteiger partial charge in [-0.05, 0) is 36.7 Å². The van der Waals surface area contributed by atoms with Crippen molar-refractivity contribution in [3.8, 4) is 5.75 Å². The van der Waals surface area contributed by atoms with Crippen molar-refractivity contribution >= 4 is 15.9 Å². The molecule has 114 valence electrons. The molecule has 0 saturated carbocycles. The zero-order chi connectivity index (χ0) is 14.6. The lowest BCUT2D eigenvalue weighted by atomic mass is 10.1. The molecule has 0 unspecified atom stereocenters. The molecule has 0 aliphatic rings. The van der Waals surface area contributed by atoms with E-state index in [0.29, 0.717) is 0 Å². The van der Waals surface area contributed by atoms with Crippen LogP contribution in [0.3, 0.4) is 0 Å². The second-order valence-corrected chi connectivity index (χ2v) is 6.00. The van der Waals surface area contributed by atoms with Crippen LogP contribution in [-0.2, 0) is 6.54 Å². The molecule has 2 nitrogen and oxygen atoms in total. The molecule has 0 saturated heterocycles. The monoisotopic (exact) mass is 341 g/mol. The Hall–Kier alpha value is -0.540. The smallest absolute Gasteiger partial charge is 0.119 e. The summed E-state index contributed by atoms with van der Waals surface area (Å²) in [5, 5.41) is 3.34. The molecule has 3 heteroatoms. The van der Waals surface area contributed by atoms with Gasteiger partial charge in [-0.15, -0.1) is 0 Å². The highest BCUT2D eigenvalue weighted by Crippen LogP contribution is 2.22. The molecule has 1 rings (SSSR count).